The molecule has 36 heavy (non-hydrogen) atoms. The zero-order chi connectivity index (χ0) is 26.1. The van der Waals surface area contributed by atoms with Crippen molar-refractivity contribution in [2.24, 2.45) is 0 Å². The number of anilines is 2. The van der Waals surface area contributed by atoms with Crippen LogP contribution in [0.3, 0.4) is 0 Å². The van der Waals surface area contributed by atoms with Crippen molar-refractivity contribution in [1.29, 1.82) is 0 Å². The highest BCUT2D eigenvalue weighted by Crippen LogP contribution is 2.32. The first-order chi connectivity index (χ1) is 16.9. The molecule has 1 amide bonds. The van der Waals surface area contributed by atoms with Crippen LogP contribution in [0.5, 0.6) is 0 Å². The number of carbonyl (C=O) groups is 1. The molecular formula is C23H19F5N4O3S. The summed E-state index contributed by atoms with van der Waals surface area (Å²) in [6.45, 7) is 2.33. The molecule has 1 N–H and O–H groups in total. The molecular weight excluding hydrogens is 507 g/mol. The molecule has 0 spiro atoms. The van der Waals surface area contributed by atoms with Crippen LogP contribution in [0.2, 0.25) is 0 Å². The Balaban J connectivity index is 1.43. The zero-order valence-electron chi connectivity index (χ0n) is 18.5. The Morgan fingerprint density at radius 2 is 1.47 bits per heavy atom. The Hall–Kier alpha value is -3.74. The van der Waals surface area contributed by atoms with E-state index in [0.29, 0.717) is 44.1 Å². The molecule has 0 bridgehead atoms. The normalized spacial score (nSPS) is 14.6. The summed E-state index contributed by atoms with van der Waals surface area (Å²) < 4.78 is 92.7. The van der Waals surface area contributed by atoms with Crippen LogP contribution >= 0.6 is 0 Å². The minimum Gasteiger partial charge on any atom is -0.368 e. The molecule has 2 aromatic carbocycles. The highest BCUT2D eigenvalue weighted by atomic mass is 32.2. The molecule has 7 nitrogen and oxygen atoms in total. The maximum Gasteiger partial charge on any atom is 0.417 e. The van der Waals surface area contributed by atoms with E-state index >= 15 is 0 Å². The lowest BCUT2D eigenvalue weighted by Gasteiger charge is -2.36. The summed E-state index contributed by atoms with van der Waals surface area (Å²) in [5.41, 5.74) is -1.75. The summed E-state index contributed by atoms with van der Waals surface area (Å²) in [6.07, 6.45) is -4.07. The lowest BCUT2D eigenvalue weighted by molar-refractivity contribution is -0.138. The number of carbonyl (C=O) groups excluding carboxylic acids is 1. The molecule has 1 fully saturated rings. The van der Waals surface area contributed by atoms with Gasteiger partial charge in [0.15, 0.2) is 0 Å². The number of halogens is 5. The van der Waals surface area contributed by atoms with E-state index in [2.05, 4.69) is 9.88 Å². The second-order valence-electron chi connectivity index (χ2n) is 7.92. The molecule has 4 rings (SSSR count). The topological polar surface area (TPSA) is 82.6 Å². The maximum atomic E-state index is 13.3. The summed E-state index contributed by atoms with van der Waals surface area (Å²) in [6, 6.07) is 10.0. The summed E-state index contributed by atoms with van der Waals surface area (Å²) in [5, 5.41) is 0. The van der Waals surface area contributed by atoms with Crippen LogP contribution < -0.4 is 14.5 Å². The van der Waals surface area contributed by atoms with Crippen molar-refractivity contribution >= 4 is 27.4 Å². The van der Waals surface area contributed by atoms with Gasteiger partial charge in [0.05, 0.1) is 11.1 Å². The van der Waals surface area contributed by atoms with Crippen LogP contribution in [-0.4, -0.2) is 45.5 Å². The van der Waals surface area contributed by atoms with Gasteiger partial charge in [-0.2, -0.15) is 13.2 Å². The quantitative estimate of drug-likeness (QED) is 0.509. The molecule has 13 heteroatoms. The predicted molar refractivity (Wildman–Crippen MR) is 121 cm³/mol. The molecule has 0 atom stereocenters. The molecule has 1 aliphatic heterocycles. The first-order valence-corrected chi connectivity index (χ1v) is 12.1. The first kappa shape index (κ1) is 25.4. The van der Waals surface area contributed by atoms with Gasteiger partial charge in [0, 0.05) is 38.1 Å². The van der Waals surface area contributed by atoms with Crippen molar-refractivity contribution in [3.05, 3.63) is 83.6 Å². The second kappa shape index (κ2) is 9.72. The number of nitrogens with zero attached hydrogens (tertiary/aromatic N) is 3. The Morgan fingerprint density at radius 1 is 0.861 bits per heavy atom. The second-order valence-corrected chi connectivity index (χ2v) is 9.61. The minimum absolute atomic E-state index is 0.119. The Morgan fingerprint density at radius 3 is 2.06 bits per heavy atom. The van der Waals surface area contributed by atoms with Crippen molar-refractivity contribution in [1.82, 2.24) is 9.71 Å². The van der Waals surface area contributed by atoms with E-state index in [9.17, 15) is 35.2 Å². The summed E-state index contributed by atoms with van der Waals surface area (Å²) in [5.74, 6) is -2.63. The van der Waals surface area contributed by atoms with Gasteiger partial charge in [0.1, 0.15) is 22.3 Å². The van der Waals surface area contributed by atoms with Gasteiger partial charge < -0.3 is 9.80 Å². The molecule has 0 aliphatic carbocycles. The summed E-state index contributed by atoms with van der Waals surface area (Å²) in [7, 11) is -4.56. The average Bonchev–Trinajstić information content (AvgIpc) is 2.84. The van der Waals surface area contributed by atoms with E-state index in [1.165, 1.54) is 24.3 Å². The summed E-state index contributed by atoms with van der Waals surface area (Å²) >= 11 is 0. The number of nitrogens with one attached hydrogen (secondary N) is 1. The Bertz CT molecular complexity index is 1360. The SMILES string of the molecule is O=C(NS(=O)(=O)c1ccc(N2CCN(c3ccc(F)cc3)CC2)nc1)c1ccc(F)cc1C(F)(F)F. The number of hydrogen-bond donors (Lipinski definition) is 1. The van der Waals surface area contributed by atoms with Gasteiger partial charge >= 0.3 is 6.18 Å². The molecule has 0 unspecified atom stereocenters. The fourth-order valence-electron chi connectivity index (χ4n) is 3.75. The van der Waals surface area contributed by atoms with Gasteiger partial charge in [-0.15, -0.1) is 0 Å². The highest BCUT2D eigenvalue weighted by molar-refractivity contribution is 7.90. The molecule has 1 saturated heterocycles. The van der Waals surface area contributed by atoms with Crippen LogP contribution in [0.4, 0.5) is 33.5 Å². The van der Waals surface area contributed by atoms with E-state index < -0.39 is 43.9 Å². The number of amides is 1. The van der Waals surface area contributed by atoms with Crippen LogP contribution in [0.25, 0.3) is 0 Å². The van der Waals surface area contributed by atoms with Crippen LogP contribution in [0.15, 0.2) is 65.7 Å². The van der Waals surface area contributed by atoms with Crippen molar-refractivity contribution in [3.63, 3.8) is 0 Å². The fourth-order valence-corrected chi connectivity index (χ4v) is 4.66. The van der Waals surface area contributed by atoms with Gasteiger partial charge in [0.2, 0.25) is 0 Å². The molecule has 3 aromatic rings. The highest BCUT2D eigenvalue weighted by Gasteiger charge is 2.36. The third-order valence-electron chi connectivity index (χ3n) is 5.59. The van der Waals surface area contributed by atoms with E-state index in [1.54, 1.807) is 16.9 Å². The van der Waals surface area contributed by atoms with Crippen molar-refractivity contribution in [3.8, 4) is 0 Å². The lowest BCUT2D eigenvalue weighted by atomic mass is 10.1. The van der Waals surface area contributed by atoms with Crippen LogP contribution in [0.1, 0.15) is 15.9 Å². The third kappa shape index (κ3) is 5.56. The van der Waals surface area contributed by atoms with Crippen LogP contribution in [-0.2, 0) is 16.2 Å². The Labute approximate surface area is 203 Å². The largest absolute Gasteiger partial charge is 0.417 e. The molecule has 0 radical (unpaired) electrons. The number of piperazine rings is 1. The number of pyridine rings is 1. The Kier molecular flexibility index (Phi) is 6.85. The van der Waals surface area contributed by atoms with Gasteiger partial charge in [-0.05, 0) is 54.6 Å². The van der Waals surface area contributed by atoms with Gasteiger partial charge in [0.25, 0.3) is 15.9 Å². The van der Waals surface area contributed by atoms with Crippen LogP contribution in [0, 0.1) is 11.6 Å². The number of rotatable bonds is 5. The number of aromatic nitrogens is 1. The van der Waals surface area contributed by atoms with Crippen molar-refractivity contribution in [2.45, 2.75) is 11.1 Å². The number of hydrogen-bond acceptors (Lipinski definition) is 6. The van der Waals surface area contributed by atoms with E-state index in [4.69, 9.17) is 0 Å². The summed E-state index contributed by atoms with van der Waals surface area (Å²) in [4.78, 5) is 20.0. The van der Waals surface area contributed by atoms with Gasteiger partial charge in [-0.3, -0.25) is 4.79 Å². The first-order valence-electron chi connectivity index (χ1n) is 10.6. The number of sulfonamides is 1. The average molecular weight is 526 g/mol. The predicted octanol–water partition coefficient (Wildman–Crippen LogP) is 3.82. The molecule has 1 aromatic heterocycles. The smallest absolute Gasteiger partial charge is 0.368 e. The molecule has 1 aliphatic rings. The maximum absolute atomic E-state index is 13.3. The third-order valence-corrected chi connectivity index (χ3v) is 6.90. The number of alkyl halides is 3. The fraction of sp³-hybridized carbons (Fsp3) is 0.217. The molecule has 2 heterocycles. The van der Waals surface area contributed by atoms with Gasteiger partial charge in [-0.1, -0.05) is 0 Å². The molecule has 0 saturated carbocycles. The monoisotopic (exact) mass is 526 g/mol. The van der Waals surface area contributed by atoms with E-state index in [1.807, 2.05) is 4.90 Å². The zero-order valence-corrected chi connectivity index (χ0v) is 19.3. The van der Waals surface area contributed by atoms with Crippen molar-refractivity contribution in [2.75, 3.05) is 36.0 Å². The van der Waals surface area contributed by atoms with E-state index in [0.717, 1.165) is 11.9 Å². The number of benzene rings is 2. The lowest BCUT2D eigenvalue weighted by Crippen LogP contribution is -2.46. The van der Waals surface area contributed by atoms with E-state index in [-0.39, 0.29) is 11.9 Å². The molecule has 190 valence electrons. The van der Waals surface area contributed by atoms with Crippen molar-refractivity contribution < 1.29 is 35.2 Å². The standard InChI is InChI=1S/C23H19F5N4O3S/c24-15-1-4-17(5-2-15)31-9-11-32(12-10-31)21-8-6-18(14-29-21)36(34,35)30-22(33)19-7-3-16(25)13-20(19)23(26,27)28/h1-8,13-14H,9-12H2,(H,30,33). The van der Waals surface area contributed by atoms with Gasteiger partial charge in [-0.25, -0.2) is 26.9 Å². The minimum atomic E-state index is -5.07.